The fraction of sp³-hybridized carbons (Fsp3) is 0.556. The molecule has 0 saturated carbocycles. The van der Waals surface area contributed by atoms with E-state index < -0.39 is 0 Å². The molecule has 0 radical (unpaired) electrons. The first-order valence-corrected chi connectivity index (χ1v) is 8.69. The topological polar surface area (TPSA) is 73.9 Å². The lowest BCUT2D eigenvalue weighted by atomic mass is 10.2. The van der Waals surface area contributed by atoms with E-state index in [1.165, 1.54) is 0 Å². The van der Waals surface area contributed by atoms with Crippen molar-refractivity contribution in [3.63, 3.8) is 0 Å². The summed E-state index contributed by atoms with van der Waals surface area (Å²) in [5, 5.41) is 6.00. The number of methoxy groups -OCH3 is 1. The number of nitrogens with zero attached hydrogens (tertiary/aromatic N) is 2. The molecule has 0 aliphatic carbocycles. The minimum Gasteiger partial charge on any atom is -0.383 e. The van der Waals surface area contributed by atoms with Gasteiger partial charge >= 0.3 is 0 Å². The normalized spacial score (nSPS) is 15.2. The molecule has 1 aliphatic rings. The second kappa shape index (κ2) is 10.8. The predicted molar refractivity (Wildman–Crippen MR) is 96.1 cm³/mol. The summed E-state index contributed by atoms with van der Waals surface area (Å²) in [5.41, 5.74) is 1.09. The van der Waals surface area contributed by atoms with Gasteiger partial charge in [-0.25, -0.2) is 0 Å². The Morgan fingerprint density at radius 3 is 2.52 bits per heavy atom. The van der Waals surface area contributed by atoms with E-state index in [0.717, 1.165) is 18.7 Å². The highest BCUT2D eigenvalue weighted by molar-refractivity contribution is 5.79. The Morgan fingerprint density at radius 1 is 1.12 bits per heavy atom. The number of ether oxygens (including phenoxy) is 1. The maximum absolute atomic E-state index is 12.1. The van der Waals surface area contributed by atoms with E-state index in [2.05, 4.69) is 15.5 Å². The van der Waals surface area contributed by atoms with Crippen LogP contribution >= 0.6 is 0 Å². The Hall–Kier alpha value is -1.96. The molecule has 1 heterocycles. The Labute approximate surface area is 149 Å². The minimum absolute atomic E-state index is 0.0184. The van der Waals surface area contributed by atoms with Gasteiger partial charge in [-0.15, -0.1) is 0 Å². The molecule has 25 heavy (non-hydrogen) atoms. The van der Waals surface area contributed by atoms with Crippen LogP contribution in [0.15, 0.2) is 30.3 Å². The lowest BCUT2D eigenvalue weighted by molar-refractivity contribution is -0.132. The standard InChI is InChI=1S/C18H28N4O3/c1-25-12-7-19-14-18(24)22-10-8-21(9-11-22)15-17(23)20-13-16-5-3-2-4-6-16/h2-6,19H,7-15H2,1H3,(H,20,23). The average molecular weight is 348 g/mol. The molecule has 7 heteroatoms. The number of rotatable bonds is 9. The van der Waals surface area contributed by atoms with Gasteiger partial charge in [0.15, 0.2) is 0 Å². The average Bonchev–Trinajstić information content (AvgIpc) is 2.65. The van der Waals surface area contributed by atoms with Gasteiger partial charge in [-0.05, 0) is 5.56 Å². The molecule has 1 fully saturated rings. The third-order valence-electron chi connectivity index (χ3n) is 4.18. The van der Waals surface area contributed by atoms with Crippen molar-refractivity contribution in [3.05, 3.63) is 35.9 Å². The Balaban J connectivity index is 1.61. The second-order valence-corrected chi connectivity index (χ2v) is 6.09. The molecular formula is C18H28N4O3. The van der Waals surface area contributed by atoms with Crippen LogP contribution in [-0.4, -0.2) is 81.1 Å². The van der Waals surface area contributed by atoms with E-state index in [0.29, 0.717) is 45.9 Å². The summed E-state index contributed by atoms with van der Waals surface area (Å²) in [4.78, 5) is 28.1. The van der Waals surface area contributed by atoms with Gasteiger partial charge in [0.05, 0.1) is 19.7 Å². The van der Waals surface area contributed by atoms with Crippen molar-refractivity contribution in [3.8, 4) is 0 Å². The van der Waals surface area contributed by atoms with Gasteiger partial charge in [-0.2, -0.15) is 0 Å². The van der Waals surface area contributed by atoms with Crippen molar-refractivity contribution in [2.24, 2.45) is 0 Å². The van der Waals surface area contributed by atoms with Crippen LogP contribution in [0.2, 0.25) is 0 Å². The van der Waals surface area contributed by atoms with Crippen LogP contribution in [0.3, 0.4) is 0 Å². The smallest absolute Gasteiger partial charge is 0.236 e. The van der Waals surface area contributed by atoms with Gasteiger partial charge in [0.2, 0.25) is 11.8 Å². The zero-order valence-corrected chi connectivity index (χ0v) is 14.9. The lowest BCUT2D eigenvalue weighted by Gasteiger charge is -2.34. The van der Waals surface area contributed by atoms with Gasteiger partial charge in [0, 0.05) is 46.4 Å². The Morgan fingerprint density at radius 2 is 1.84 bits per heavy atom. The molecule has 2 rings (SSSR count). The summed E-state index contributed by atoms with van der Waals surface area (Å²) in [7, 11) is 1.64. The van der Waals surface area contributed by atoms with Gasteiger partial charge in [-0.1, -0.05) is 30.3 Å². The van der Waals surface area contributed by atoms with Crippen LogP contribution in [0, 0.1) is 0 Å². The van der Waals surface area contributed by atoms with E-state index in [1.54, 1.807) is 7.11 Å². The summed E-state index contributed by atoms with van der Waals surface area (Å²) in [5.74, 6) is 0.120. The number of nitrogens with one attached hydrogen (secondary N) is 2. The number of carbonyl (C=O) groups excluding carboxylic acids is 2. The molecule has 138 valence electrons. The van der Waals surface area contributed by atoms with E-state index in [4.69, 9.17) is 4.74 Å². The van der Waals surface area contributed by atoms with Gasteiger partial charge in [0.25, 0.3) is 0 Å². The molecule has 1 aromatic carbocycles. The van der Waals surface area contributed by atoms with Gasteiger partial charge < -0.3 is 20.3 Å². The maximum atomic E-state index is 12.1. The number of amides is 2. The molecule has 2 amide bonds. The molecule has 0 atom stereocenters. The molecule has 0 spiro atoms. The zero-order chi connectivity index (χ0) is 17.9. The molecule has 7 nitrogen and oxygen atoms in total. The van der Waals surface area contributed by atoms with Crippen LogP contribution in [0.1, 0.15) is 5.56 Å². The van der Waals surface area contributed by atoms with E-state index in [-0.39, 0.29) is 11.8 Å². The predicted octanol–water partition coefficient (Wildman–Crippen LogP) is -0.317. The maximum Gasteiger partial charge on any atom is 0.236 e. The van der Waals surface area contributed by atoms with Crippen molar-refractivity contribution in [1.29, 1.82) is 0 Å². The number of benzene rings is 1. The van der Waals surface area contributed by atoms with E-state index in [1.807, 2.05) is 35.2 Å². The number of carbonyl (C=O) groups is 2. The molecule has 1 saturated heterocycles. The van der Waals surface area contributed by atoms with Crippen molar-refractivity contribution >= 4 is 11.8 Å². The lowest BCUT2D eigenvalue weighted by Crippen LogP contribution is -2.52. The summed E-state index contributed by atoms with van der Waals surface area (Å²) in [6.07, 6.45) is 0. The first-order chi connectivity index (χ1) is 12.2. The number of hydrogen-bond acceptors (Lipinski definition) is 5. The Kier molecular flexibility index (Phi) is 8.38. The molecule has 1 aliphatic heterocycles. The van der Waals surface area contributed by atoms with Crippen molar-refractivity contribution < 1.29 is 14.3 Å². The second-order valence-electron chi connectivity index (χ2n) is 6.09. The highest BCUT2D eigenvalue weighted by Crippen LogP contribution is 2.02. The zero-order valence-electron chi connectivity index (χ0n) is 14.9. The molecule has 1 aromatic rings. The molecular weight excluding hydrogens is 320 g/mol. The van der Waals surface area contributed by atoms with Crippen LogP contribution < -0.4 is 10.6 Å². The largest absolute Gasteiger partial charge is 0.383 e. The molecule has 0 unspecified atom stereocenters. The monoisotopic (exact) mass is 348 g/mol. The third-order valence-corrected chi connectivity index (χ3v) is 4.18. The van der Waals surface area contributed by atoms with Crippen LogP contribution in [-0.2, 0) is 20.9 Å². The molecule has 0 aromatic heterocycles. The fourth-order valence-electron chi connectivity index (χ4n) is 2.69. The highest BCUT2D eigenvalue weighted by atomic mass is 16.5. The third kappa shape index (κ3) is 7.21. The van der Waals surface area contributed by atoms with Crippen molar-refractivity contribution in [2.75, 3.05) is 59.5 Å². The summed E-state index contributed by atoms with van der Waals surface area (Å²) < 4.78 is 4.94. The number of hydrogen-bond donors (Lipinski definition) is 2. The van der Waals surface area contributed by atoms with Crippen molar-refractivity contribution in [1.82, 2.24) is 20.4 Å². The van der Waals surface area contributed by atoms with Gasteiger partial charge in [0.1, 0.15) is 0 Å². The fourth-order valence-corrected chi connectivity index (χ4v) is 2.69. The summed E-state index contributed by atoms with van der Waals surface area (Å²) in [6.45, 7) is 5.30. The van der Waals surface area contributed by atoms with Gasteiger partial charge in [-0.3, -0.25) is 14.5 Å². The van der Waals surface area contributed by atoms with E-state index in [9.17, 15) is 9.59 Å². The Bertz CT molecular complexity index is 530. The van der Waals surface area contributed by atoms with Crippen LogP contribution in [0.25, 0.3) is 0 Å². The summed E-state index contributed by atoms with van der Waals surface area (Å²) >= 11 is 0. The molecule has 2 N–H and O–H groups in total. The highest BCUT2D eigenvalue weighted by Gasteiger charge is 2.21. The minimum atomic E-state index is 0.0184. The first-order valence-electron chi connectivity index (χ1n) is 8.69. The van der Waals surface area contributed by atoms with Crippen LogP contribution in [0.4, 0.5) is 0 Å². The van der Waals surface area contributed by atoms with E-state index >= 15 is 0 Å². The van der Waals surface area contributed by atoms with Crippen molar-refractivity contribution in [2.45, 2.75) is 6.54 Å². The first kappa shape index (κ1) is 19.4. The molecule has 0 bridgehead atoms. The summed E-state index contributed by atoms with van der Waals surface area (Å²) in [6, 6.07) is 9.86. The SMILES string of the molecule is COCCNCC(=O)N1CCN(CC(=O)NCc2ccccc2)CC1. The van der Waals surface area contributed by atoms with Crippen LogP contribution in [0.5, 0.6) is 0 Å². The quantitative estimate of drug-likeness (QED) is 0.599. The number of piperazine rings is 1.